The van der Waals surface area contributed by atoms with Crippen molar-refractivity contribution >= 4 is 11.6 Å². The zero-order valence-corrected chi connectivity index (χ0v) is 13.8. The summed E-state index contributed by atoms with van der Waals surface area (Å²) in [5.74, 6) is 1.73. The van der Waals surface area contributed by atoms with Crippen LogP contribution in [0.1, 0.15) is 31.7 Å². The maximum atomic E-state index is 11.9. The van der Waals surface area contributed by atoms with Gasteiger partial charge in [-0.1, -0.05) is 26.0 Å². The molecule has 23 heavy (non-hydrogen) atoms. The van der Waals surface area contributed by atoms with Crippen molar-refractivity contribution in [2.24, 2.45) is 0 Å². The third-order valence-corrected chi connectivity index (χ3v) is 3.81. The molecular weight excluding hydrogens is 290 g/mol. The van der Waals surface area contributed by atoms with Gasteiger partial charge in [-0.05, 0) is 54.3 Å². The lowest BCUT2D eigenvalue weighted by Crippen LogP contribution is -2.20. The molecule has 0 fully saturated rings. The Morgan fingerprint density at radius 3 is 2.22 bits per heavy atom. The van der Waals surface area contributed by atoms with Gasteiger partial charge in [-0.15, -0.1) is 0 Å². The lowest BCUT2D eigenvalue weighted by Gasteiger charge is -2.11. The molecule has 1 unspecified atom stereocenters. The number of amides is 1. The first-order chi connectivity index (χ1) is 11.1. The van der Waals surface area contributed by atoms with E-state index < -0.39 is 0 Å². The van der Waals surface area contributed by atoms with Gasteiger partial charge >= 0.3 is 0 Å². The standard InChI is InChI=1S/C19H23NO3/c1-4-14(2)15-5-7-16(8-6-15)20-19(21)13-23-18-11-9-17(22-3)10-12-18/h5-12,14H,4,13H2,1-3H3,(H,20,21). The van der Waals surface area contributed by atoms with Gasteiger partial charge in [-0.3, -0.25) is 4.79 Å². The van der Waals surface area contributed by atoms with Gasteiger partial charge in [0.1, 0.15) is 11.5 Å². The van der Waals surface area contributed by atoms with Crippen molar-refractivity contribution in [3.8, 4) is 11.5 Å². The minimum Gasteiger partial charge on any atom is -0.497 e. The van der Waals surface area contributed by atoms with E-state index in [-0.39, 0.29) is 12.5 Å². The molecule has 2 aromatic carbocycles. The lowest BCUT2D eigenvalue weighted by atomic mass is 9.99. The van der Waals surface area contributed by atoms with Gasteiger partial charge in [0, 0.05) is 5.69 Å². The predicted octanol–water partition coefficient (Wildman–Crippen LogP) is 4.23. The van der Waals surface area contributed by atoms with Gasteiger partial charge in [0.2, 0.25) is 0 Å². The van der Waals surface area contributed by atoms with Crippen molar-refractivity contribution in [3.05, 3.63) is 54.1 Å². The monoisotopic (exact) mass is 313 g/mol. The van der Waals surface area contributed by atoms with E-state index >= 15 is 0 Å². The molecule has 0 saturated carbocycles. The molecule has 2 aromatic rings. The zero-order chi connectivity index (χ0) is 16.7. The van der Waals surface area contributed by atoms with Crippen molar-refractivity contribution in [1.82, 2.24) is 0 Å². The number of hydrogen-bond acceptors (Lipinski definition) is 3. The van der Waals surface area contributed by atoms with Gasteiger partial charge in [0.05, 0.1) is 7.11 Å². The molecule has 4 nitrogen and oxygen atoms in total. The molecule has 1 N–H and O–H groups in total. The molecule has 0 aliphatic carbocycles. The first-order valence-corrected chi connectivity index (χ1v) is 7.79. The van der Waals surface area contributed by atoms with Crippen LogP contribution in [0.3, 0.4) is 0 Å². The number of ether oxygens (including phenoxy) is 2. The van der Waals surface area contributed by atoms with E-state index in [2.05, 4.69) is 19.2 Å². The van der Waals surface area contributed by atoms with Crippen LogP contribution >= 0.6 is 0 Å². The fraction of sp³-hybridized carbons (Fsp3) is 0.316. The Balaban J connectivity index is 1.84. The summed E-state index contributed by atoms with van der Waals surface area (Å²) < 4.78 is 10.5. The highest BCUT2D eigenvalue weighted by Gasteiger charge is 2.06. The number of hydrogen-bond donors (Lipinski definition) is 1. The van der Waals surface area contributed by atoms with Crippen LogP contribution in [0.4, 0.5) is 5.69 Å². The van der Waals surface area contributed by atoms with E-state index in [9.17, 15) is 4.79 Å². The Hall–Kier alpha value is -2.49. The second kappa shape index (κ2) is 8.22. The summed E-state index contributed by atoms with van der Waals surface area (Å²) in [6.07, 6.45) is 1.10. The van der Waals surface area contributed by atoms with Gasteiger partial charge in [-0.25, -0.2) is 0 Å². The number of nitrogens with one attached hydrogen (secondary N) is 1. The van der Waals surface area contributed by atoms with E-state index in [0.29, 0.717) is 11.7 Å². The number of carbonyl (C=O) groups is 1. The second-order valence-electron chi connectivity index (χ2n) is 5.44. The zero-order valence-electron chi connectivity index (χ0n) is 13.8. The highest BCUT2D eigenvalue weighted by Crippen LogP contribution is 2.20. The molecule has 2 rings (SSSR count). The topological polar surface area (TPSA) is 47.6 Å². The number of rotatable bonds is 7. The molecule has 122 valence electrons. The maximum absolute atomic E-state index is 11.9. The van der Waals surface area contributed by atoms with Crippen LogP contribution in [-0.4, -0.2) is 19.6 Å². The molecule has 0 aromatic heterocycles. The maximum Gasteiger partial charge on any atom is 0.262 e. The van der Waals surface area contributed by atoms with E-state index in [4.69, 9.17) is 9.47 Å². The van der Waals surface area contributed by atoms with Crippen LogP contribution < -0.4 is 14.8 Å². The van der Waals surface area contributed by atoms with Crippen molar-refractivity contribution in [3.63, 3.8) is 0 Å². The Labute approximate surface area is 137 Å². The third kappa shape index (κ3) is 5.02. The highest BCUT2D eigenvalue weighted by atomic mass is 16.5. The summed E-state index contributed by atoms with van der Waals surface area (Å²) in [7, 11) is 1.61. The first-order valence-electron chi connectivity index (χ1n) is 7.79. The first kappa shape index (κ1) is 16.9. The summed E-state index contributed by atoms with van der Waals surface area (Å²) in [5, 5.41) is 2.83. The quantitative estimate of drug-likeness (QED) is 0.832. The largest absolute Gasteiger partial charge is 0.497 e. The number of anilines is 1. The number of carbonyl (C=O) groups excluding carboxylic acids is 1. The highest BCUT2D eigenvalue weighted by molar-refractivity contribution is 5.91. The van der Waals surface area contributed by atoms with Crippen LogP contribution in [0, 0.1) is 0 Å². The van der Waals surface area contributed by atoms with Crippen LogP contribution in [0.25, 0.3) is 0 Å². The Bertz CT molecular complexity index is 620. The van der Waals surface area contributed by atoms with Crippen LogP contribution in [0.2, 0.25) is 0 Å². The molecule has 4 heteroatoms. The Morgan fingerprint density at radius 1 is 1.04 bits per heavy atom. The molecule has 0 aliphatic heterocycles. The van der Waals surface area contributed by atoms with Gasteiger partial charge in [0.25, 0.3) is 5.91 Å². The van der Waals surface area contributed by atoms with E-state index in [1.807, 2.05) is 24.3 Å². The normalized spacial score (nSPS) is 11.6. The molecule has 0 spiro atoms. The molecule has 0 bridgehead atoms. The summed E-state index contributed by atoms with van der Waals surface area (Å²) in [4.78, 5) is 11.9. The van der Waals surface area contributed by atoms with Crippen molar-refractivity contribution in [1.29, 1.82) is 0 Å². The predicted molar refractivity (Wildman–Crippen MR) is 92.3 cm³/mol. The minimum atomic E-state index is -0.183. The van der Waals surface area contributed by atoms with Crippen molar-refractivity contribution in [2.45, 2.75) is 26.2 Å². The Kier molecular flexibility index (Phi) is 6.03. The van der Waals surface area contributed by atoms with E-state index in [0.717, 1.165) is 17.9 Å². The Morgan fingerprint density at radius 2 is 1.65 bits per heavy atom. The molecule has 0 radical (unpaired) electrons. The molecule has 1 amide bonds. The average molecular weight is 313 g/mol. The third-order valence-electron chi connectivity index (χ3n) is 3.81. The van der Waals surface area contributed by atoms with Gasteiger partial charge in [0.15, 0.2) is 6.61 Å². The minimum absolute atomic E-state index is 0.0283. The van der Waals surface area contributed by atoms with E-state index in [1.54, 1.807) is 31.4 Å². The van der Waals surface area contributed by atoms with Crippen molar-refractivity contribution in [2.75, 3.05) is 19.0 Å². The fourth-order valence-corrected chi connectivity index (χ4v) is 2.15. The lowest BCUT2D eigenvalue weighted by molar-refractivity contribution is -0.118. The molecule has 0 aliphatic rings. The SMILES string of the molecule is CCC(C)c1ccc(NC(=O)COc2ccc(OC)cc2)cc1. The summed E-state index contributed by atoms with van der Waals surface area (Å²) in [6, 6.07) is 15.1. The van der Waals surface area contributed by atoms with Crippen LogP contribution in [-0.2, 0) is 4.79 Å². The van der Waals surface area contributed by atoms with E-state index in [1.165, 1.54) is 5.56 Å². The average Bonchev–Trinajstić information content (AvgIpc) is 2.60. The molecule has 1 atom stereocenters. The summed E-state index contributed by atoms with van der Waals surface area (Å²) in [6.45, 7) is 4.33. The molecular formula is C19H23NO3. The molecule has 0 heterocycles. The smallest absolute Gasteiger partial charge is 0.262 e. The second-order valence-corrected chi connectivity index (χ2v) is 5.44. The fourth-order valence-electron chi connectivity index (χ4n) is 2.15. The summed E-state index contributed by atoms with van der Waals surface area (Å²) in [5.41, 5.74) is 2.06. The van der Waals surface area contributed by atoms with Crippen LogP contribution in [0.5, 0.6) is 11.5 Å². The summed E-state index contributed by atoms with van der Waals surface area (Å²) >= 11 is 0. The molecule has 0 saturated heterocycles. The van der Waals surface area contributed by atoms with Crippen LogP contribution in [0.15, 0.2) is 48.5 Å². The van der Waals surface area contributed by atoms with Gasteiger partial charge < -0.3 is 14.8 Å². The van der Waals surface area contributed by atoms with Crippen molar-refractivity contribution < 1.29 is 14.3 Å². The van der Waals surface area contributed by atoms with Gasteiger partial charge in [-0.2, -0.15) is 0 Å². The number of methoxy groups -OCH3 is 1. The number of benzene rings is 2.